The van der Waals surface area contributed by atoms with Gasteiger partial charge in [-0.05, 0) is 61.4 Å². The van der Waals surface area contributed by atoms with Crippen LogP contribution in [0.1, 0.15) is 35.7 Å². The number of aromatic carboxylic acids is 1. The molecule has 0 aliphatic rings. The van der Waals surface area contributed by atoms with Crippen LogP contribution in [0.3, 0.4) is 0 Å². The summed E-state index contributed by atoms with van der Waals surface area (Å²) in [5.41, 5.74) is 2.87. The molecule has 4 nitrogen and oxygen atoms in total. The Hall–Kier alpha value is -2.40. The summed E-state index contributed by atoms with van der Waals surface area (Å²) in [6, 6.07) is 13.0. The predicted octanol–water partition coefficient (Wildman–Crippen LogP) is 4.52. The molecule has 0 aliphatic carbocycles. The van der Waals surface area contributed by atoms with E-state index >= 15 is 0 Å². The maximum absolute atomic E-state index is 11.8. The first-order valence-corrected chi connectivity index (χ1v) is 9.35. The zero-order valence-corrected chi connectivity index (χ0v) is 16.3. The molecular weight excluding hydrogens is 394 g/mol. The van der Waals surface area contributed by atoms with Gasteiger partial charge in [0.1, 0.15) is 5.75 Å². The lowest BCUT2D eigenvalue weighted by atomic mass is 9.98. The molecule has 0 fully saturated rings. The summed E-state index contributed by atoms with van der Waals surface area (Å²) in [5, 5.41) is 12.3. The summed E-state index contributed by atoms with van der Waals surface area (Å²) < 4.78 is 6.48. The van der Waals surface area contributed by atoms with Gasteiger partial charge in [0.25, 0.3) is 0 Å². The van der Waals surface area contributed by atoms with E-state index in [4.69, 9.17) is 4.74 Å². The largest absolute Gasteiger partial charge is 0.545 e. The molecule has 1 aromatic heterocycles. The van der Waals surface area contributed by atoms with E-state index in [0.29, 0.717) is 28.8 Å². The fraction of sp³-hybridized carbons (Fsp3) is 0.238. The quantitative estimate of drug-likeness (QED) is 0.558. The van der Waals surface area contributed by atoms with Gasteiger partial charge in [-0.2, -0.15) is 0 Å². The number of aromatic nitrogens is 1. The Bertz CT molecular complexity index is 952. The maximum Gasteiger partial charge on any atom is 0.119 e. The number of ether oxygens (including phenoxy) is 1. The summed E-state index contributed by atoms with van der Waals surface area (Å²) in [5.74, 6) is -0.404. The van der Waals surface area contributed by atoms with Gasteiger partial charge in [-0.1, -0.05) is 29.3 Å². The molecule has 0 aliphatic heterocycles. The van der Waals surface area contributed by atoms with Crippen LogP contribution in [0.15, 0.2) is 46.9 Å². The van der Waals surface area contributed by atoms with E-state index in [2.05, 4.69) is 27.8 Å². The molecule has 3 aromatic rings. The topological polar surface area (TPSA) is 62.2 Å². The van der Waals surface area contributed by atoms with Gasteiger partial charge in [0.15, 0.2) is 0 Å². The van der Waals surface area contributed by atoms with Crippen molar-refractivity contribution in [3.8, 4) is 17.0 Å². The fourth-order valence-corrected chi connectivity index (χ4v) is 3.28. The number of unbranched alkanes of at least 4 members (excludes halogenated alkanes) is 1. The third-order valence-electron chi connectivity index (χ3n) is 4.29. The number of pyridine rings is 1. The molecule has 0 amide bonds. The Morgan fingerprint density at radius 2 is 1.92 bits per heavy atom. The average molecular weight is 413 g/mol. The number of carboxylic acid groups (broad SMARTS) is 1. The maximum atomic E-state index is 11.8. The first-order valence-electron chi connectivity index (χ1n) is 8.55. The van der Waals surface area contributed by atoms with Crippen LogP contribution in [0.25, 0.3) is 22.2 Å². The first kappa shape index (κ1) is 18.4. The molecule has 134 valence electrons. The average Bonchev–Trinajstić information content (AvgIpc) is 2.62. The van der Waals surface area contributed by atoms with Crippen LogP contribution in [0, 0.1) is 6.92 Å². The Morgan fingerprint density at radius 1 is 1.19 bits per heavy atom. The normalized spacial score (nSPS) is 10.9. The van der Waals surface area contributed by atoms with E-state index < -0.39 is 5.97 Å². The third-order valence-corrected chi connectivity index (χ3v) is 4.78. The molecule has 2 aromatic carbocycles. The van der Waals surface area contributed by atoms with Crippen LogP contribution in [0.4, 0.5) is 0 Å². The Balaban J connectivity index is 2.06. The van der Waals surface area contributed by atoms with E-state index in [-0.39, 0.29) is 5.56 Å². The second-order valence-electron chi connectivity index (χ2n) is 6.14. The minimum absolute atomic E-state index is 0.176. The molecule has 0 radical (unpaired) electrons. The van der Waals surface area contributed by atoms with Crippen molar-refractivity contribution in [3.05, 3.63) is 58.1 Å². The lowest BCUT2D eigenvalue weighted by Gasteiger charge is -2.16. The molecule has 0 N–H and O–H groups in total. The molecule has 26 heavy (non-hydrogen) atoms. The minimum atomic E-state index is -1.20. The van der Waals surface area contributed by atoms with Crippen molar-refractivity contribution in [2.45, 2.75) is 26.7 Å². The predicted molar refractivity (Wildman–Crippen MR) is 104 cm³/mol. The molecule has 0 atom stereocenters. The molecule has 5 heteroatoms. The van der Waals surface area contributed by atoms with Crippen molar-refractivity contribution >= 4 is 32.8 Å². The van der Waals surface area contributed by atoms with E-state index in [1.165, 1.54) is 0 Å². The summed E-state index contributed by atoms with van der Waals surface area (Å²) in [7, 11) is 0. The van der Waals surface area contributed by atoms with Crippen LogP contribution < -0.4 is 9.84 Å². The van der Waals surface area contributed by atoms with Gasteiger partial charge >= 0.3 is 0 Å². The smallest absolute Gasteiger partial charge is 0.119 e. The van der Waals surface area contributed by atoms with Crippen molar-refractivity contribution in [2.75, 3.05) is 6.61 Å². The van der Waals surface area contributed by atoms with Crippen LogP contribution in [0.2, 0.25) is 0 Å². The molecule has 0 saturated heterocycles. The number of halogens is 1. The Kier molecular flexibility index (Phi) is 5.57. The Morgan fingerprint density at radius 3 is 2.58 bits per heavy atom. The standard InChI is InChI=1S/C21H20BrNO3/c1-3-4-11-26-16-8-5-14(6-9-16)20-13(2)19(21(24)25)17-12-15(22)7-10-18(17)23-20/h5-10,12H,3-4,11H2,1-2H3,(H,24,25)/p-1. The van der Waals surface area contributed by atoms with E-state index in [0.717, 1.165) is 28.6 Å². The third kappa shape index (κ3) is 3.73. The molecule has 1 heterocycles. The molecule has 0 unspecified atom stereocenters. The van der Waals surface area contributed by atoms with Crippen molar-refractivity contribution in [1.29, 1.82) is 0 Å². The molecule has 0 saturated carbocycles. The van der Waals surface area contributed by atoms with Gasteiger partial charge in [0.05, 0.1) is 23.8 Å². The van der Waals surface area contributed by atoms with Gasteiger partial charge in [0, 0.05) is 21.0 Å². The number of hydrogen-bond acceptors (Lipinski definition) is 4. The SMILES string of the molecule is CCCCOc1ccc(-c2nc3ccc(Br)cc3c(C(=O)[O-])c2C)cc1. The lowest BCUT2D eigenvalue weighted by molar-refractivity contribution is -0.254. The molecule has 0 spiro atoms. The van der Waals surface area contributed by atoms with Crippen molar-refractivity contribution in [3.63, 3.8) is 0 Å². The Labute approximate surface area is 161 Å². The number of nitrogens with zero attached hydrogens (tertiary/aromatic N) is 1. The molecule has 0 bridgehead atoms. The number of carboxylic acids is 1. The highest BCUT2D eigenvalue weighted by Gasteiger charge is 2.14. The molecule has 3 rings (SSSR count). The van der Waals surface area contributed by atoms with Crippen LogP contribution in [-0.2, 0) is 0 Å². The number of rotatable bonds is 6. The fourth-order valence-electron chi connectivity index (χ4n) is 2.92. The summed E-state index contributed by atoms with van der Waals surface area (Å²) in [4.78, 5) is 16.4. The van der Waals surface area contributed by atoms with Crippen molar-refractivity contribution in [1.82, 2.24) is 4.98 Å². The van der Waals surface area contributed by atoms with Gasteiger partial charge in [-0.25, -0.2) is 4.98 Å². The summed E-state index contributed by atoms with van der Waals surface area (Å²) >= 11 is 3.38. The van der Waals surface area contributed by atoms with E-state index in [9.17, 15) is 9.90 Å². The van der Waals surface area contributed by atoms with Crippen molar-refractivity contribution < 1.29 is 14.6 Å². The van der Waals surface area contributed by atoms with Crippen molar-refractivity contribution in [2.24, 2.45) is 0 Å². The highest BCUT2D eigenvalue weighted by Crippen LogP contribution is 2.31. The second kappa shape index (κ2) is 7.87. The zero-order chi connectivity index (χ0) is 18.7. The first-order chi connectivity index (χ1) is 12.5. The zero-order valence-electron chi connectivity index (χ0n) is 14.7. The van der Waals surface area contributed by atoms with Crippen LogP contribution in [0.5, 0.6) is 5.75 Å². The monoisotopic (exact) mass is 412 g/mol. The highest BCUT2D eigenvalue weighted by molar-refractivity contribution is 9.10. The van der Waals surface area contributed by atoms with Gasteiger partial charge in [-0.3, -0.25) is 0 Å². The lowest BCUT2D eigenvalue weighted by Crippen LogP contribution is -2.24. The van der Waals surface area contributed by atoms with Crippen LogP contribution >= 0.6 is 15.9 Å². The number of fused-ring (bicyclic) bond motifs is 1. The van der Waals surface area contributed by atoms with Gasteiger partial charge in [-0.15, -0.1) is 0 Å². The molecular formula is C21H19BrNO3-. The number of benzene rings is 2. The summed E-state index contributed by atoms with van der Waals surface area (Å²) in [6.07, 6.45) is 2.10. The summed E-state index contributed by atoms with van der Waals surface area (Å²) in [6.45, 7) is 4.57. The number of carbonyl (C=O) groups excluding carboxylic acids is 1. The second-order valence-corrected chi connectivity index (χ2v) is 7.05. The number of carbonyl (C=O) groups is 1. The van der Waals surface area contributed by atoms with E-state index in [1.54, 1.807) is 19.1 Å². The van der Waals surface area contributed by atoms with Gasteiger partial charge < -0.3 is 14.6 Å². The highest BCUT2D eigenvalue weighted by atomic mass is 79.9. The minimum Gasteiger partial charge on any atom is -0.545 e. The van der Waals surface area contributed by atoms with Gasteiger partial charge in [0.2, 0.25) is 0 Å². The van der Waals surface area contributed by atoms with E-state index in [1.807, 2.05) is 30.3 Å². The van der Waals surface area contributed by atoms with Crippen LogP contribution in [-0.4, -0.2) is 17.6 Å². The number of hydrogen-bond donors (Lipinski definition) is 0.